The summed E-state index contributed by atoms with van der Waals surface area (Å²) in [5.41, 5.74) is 3.49. The van der Waals surface area contributed by atoms with Gasteiger partial charge in [0.15, 0.2) is 0 Å². The number of nitrogens with one attached hydrogen (secondary N) is 2. The molecule has 0 radical (unpaired) electrons. The van der Waals surface area contributed by atoms with Gasteiger partial charge in [-0.25, -0.2) is 5.48 Å². The van der Waals surface area contributed by atoms with Crippen molar-refractivity contribution in [3.05, 3.63) is 42.5 Å². The van der Waals surface area contributed by atoms with Gasteiger partial charge in [-0.2, -0.15) is 0 Å². The Bertz CT molecular complexity index is 557. The van der Waals surface area contributed by atoms with Gasteiger partial charge < -0.3 is 10.2 Å². The Morgan fingerprint density at radius 2 is 2.12 bits per heavy atom. The fourth-order valence-corrected chi connectivity index (χ4v) is 3.15. The van der Waals surface area contributed by atoms with Gasteiger partial charge in [0.1, 0.15) is 0 Å². The molecule has 0 saturated carbocycles. The average Bonchev–Trinajstić information content (AvgIpc) is 2.62. The summed E-state index contributed by atoms with van der Waals surface area (Å²) >= 11 is 1.81. The maximum atomic E-state index is 11.1. The lowest BCUT2D eigenvalue weighted by Gasteiger charge is -2.18. The van der Waals surface area contributed by atoms with E-state index in [1.165, 1.54) is 11.0 Å². The van der Waals surface area contributed by atoms with Crippen LogP contribution in [0.2, 0.25) is 0 Å². The van der Waals surface area contributed by atoms with Crippen LogP contribution in [0.15, 0.2) is 41.8 Å². The van der Waals surface area contributed by atoms with Crippen molar-refractivity contribution >= 4 is 29.4 Å². The van der Waals surface area contributed by atoms with Crippen molar-refractivity contribution in [1.29, 1.82) is 0 Å². The van der Waals surface area contributed by atoms with Gasteiger partial charge in [-0.1, -0.05) is 26.0 Å². The Labute approximate surface area is 148 Å². The molecule has 0 aliphatic heterocycles. The SMILES string of the molecule is C=CCNc1cc(C=CC(=O)NO)ccc1SCCN(CC)CC. The van der Waals surface area contributed by atoms with Gasteiger partial charge in [0.05, 0.1) is 0 Å². The molecule has 0 fully saturated rings. The van der Waals surface area contributed by atoms with Gasteiger partial charge in [-0.3, -0.25) is 10.0 Å². The molecule has 0 aliphatic carbocycles. The molecule has 5 nitrogen and oxygen atoms in total. The van der Waals surface area contributed by atoms with Crippen LogP contribution < -0.4 is 10.8 Å². The first-order valence-electron chi connectivity index (χ1n) is 8.10. The minimum absolute atomic E-state index is 0.548. The molecular formula is C18H27N3O2S. The van der Waals surface area contributed by atoms with Gasteiger partial charge in [-0.15, -0.1) is 18.3 Å². The number of carbonyl (C=O) groups is 1. The van der Waals surface area contributed by atoms with Crippen LogP contribution in [0.25, 0.3) is 6.08 Å². The van der Waals surface area contributed by atoms with Gasteiger partial charge in [-0.05, 0) is 36.9 Å². The molecule has 1 aromatic rings. The lowest BCUT2D eigenvalue weighted by Crippen LogP contribution is -2.25. The molecule has 0 unspecified atom stereocenters. The third kappa shape index (κ3) is 7.21. The molecule has 132 valence electrons. The molecule has 0 heterocycles. The molecule has 0 saturated heterocycles. The molecule has 1 aromatic carbocycles. The van der Waals surface area contributed by atoms with E-state index in [9.17, 15) is 4.79 Å². The average molecular weight is 350 g/mol. The number of nitrogens with zero attached hydrogens (tertiary/aromatic N) is 1. The Hall–Kier alpha value is -1.76. The standard InChI is InChI=1S/C18H27N3O2S/c1-4-11-19-16-14-15(8-10-18(22)20-23)7-9-17(16)24-13-12-21(5-2)6-3/h4,7-10,14,19,23H,1,5-6,11-13H2,2-3H3,(H,20,22). The first-order chi connectivity index (χ1) is 11.6. The molecule has 0 atom stereocenters. The highest BCUT2D eigenvalue weighted by atomic mass is 32.2. The second kappa shape index (κ2) is 11.7. The van der Waals surface area contributed by atoms with Crippen molar-refractivity contribution in [2.24, 2.45) is 0 Å². The quantitative estimate of drug-likeness (QED) is 0.188. The number of amides is 1. The predicted octanol–water partition coefficient (Wildman–Crippen LogP) is 3.24. The van der Waals surface area contributed by atoms with Crippen molar-refractivity contribution in [2.45, 2.75) is 18.7 Å². The minimum Gasteiger partial charge on any atom is -0.381 e. The highest BCUT2D eigenvalue weighted by molar-refractivity contribution is 7.99. The smallest absolute Gasteiger partial charge is 0.267 e. The zero-order chi connectivity index (χ0) is 17.8. The molecule has 1 amide bonds. The van der Waals surface area contributed by atoms with Crippen LogP contribution in [0.1, 0.15) is 19.4 Å². The van der Waals surface area contributed by atoms with Crippen LogP contribution in [0, 0.1) is 0 Å². The number of benzene rings is 1. The monoisotopic (exact) mass is 349 g/mol. The van der Waals surface area contributed by atoms with Crippen LogP contribution in [-0.2, 0) is 4.79 Å². The van der Waals surface area contributed by atoms with Crippen LogP contribution in [0.4, 0.5) is 5.69 Å². The zero-order valence-electron chi connectivity index (χ0n) is 14.4. The molecule has 0 aliphatic rings. The largest absolute Gasteiger partial charge is 0.381 e. The summed E-state index contributed by atoms with van der Waals surface area (Å²) in [5, 5.41) is 11.9. The molecule has 0 aromatic heterocycles. The molecular weight excluding hydrogens is 322 g/mol. The lowest BCUT2D eigenvalue weighted by molar-refractivity contribution is -0.124. The Kier molecular flexibility index (Phi) is 9.91. The highest BCUT2D eigenvalue weighted by Crippen LogP contribution is 2.29. The normalized spacial score (nSPS) is 11.0. The number of hydrogen-bond donors (Lipinski definition) is 3. The van der Waals surface area contributed by atoms with Gasteiger partial charge in [0, 0.05) is 35.5 Å². The van der Waals surface area contributed by atoms with Crippen molar-refractivity contribution in [3.8, 4) is 0 Å². The van der Waals surface area contributed by atoms with Gasteiger partial charge in [0.2, 0.25) is 0 Å². The summed E-state index contributed by atoms with van der Waals surface area (Å²) in [6, 6.07) is 6.00. The number of carbonyl (C=O) groups excluding carboxylic acids is 1. The van der Waals surface area contributed by atoms with Crippen molar-refractivity contribution in [3.63, 3.8) is 0 Å². The summed E-state index contributed by atoms with van der Waals surface area (Å²) in [7, 11) is 0. The number of hydrogen-bond acceptors (Lipinski definition) is 5. The Balaban J connectivity index is 2.80. The number of hydroxylamine groups is 1. The molecule has 1 rings (SSSR count). The van der Waals surface area contributed by atoms with Crippen LogP contribution >= 0.6 is 11.8 Å². The van der Waals surface area contributed by atoms with E-state index >= 15 is 0 Å². The molecule has 0 spiro atoms. The first-order valence-corrected chi connectivity index (χ1v) is 9.09. The van der Waals surface area contributed by atoms with Gasteiger partial charge >= 0.3 is 0 Å². The number of thioether (sulfide) groups is 1. The highest BCUT2D eigenvalue weighted by Gasteiger charge is 2.05. The minimum atomic E-state index is -0.548. The summed E-state index contributed by atoms with van der Waals surface area (Å²) < 4.78 is 0. The summed E-state index contributed by atoms with van der Waals surface area (Å²) in [5.74, 6) is 0.472. The van der Waals surface area contributed by atoms with Crippen molar-refractivity contribution in [1.82, 2.24) is 10.4 Å². The lowest BCUT2D eigenvalue weighted by atomic mass is 10.2. The van der Waals surface area contributed by atoms with E-state index in [1.807, 2.05) is 30.0 Å². The zero-order valence-corrected chi connectivity index (χ0v) is 15.2. The van der Waals surface area contributed by atoms with E-state index < -0.39 is 5.91 Å². The second-order valence-corrected chi connectivity index (χ2v) is 6.25. The fraction of sp³-hybridized carbons (Fsp3) is 0.389. The maximum absolute atomic E-state index is 11.1. The molecule has 0 bridgehead atoms. The number of rotatable bonds is 11. The Morgan fingerprint density at radius 1 is 1.38 bits per heavy atom. The fourth-order valence-electron chi connectivity index (χ4n) is 2.13. The Morgan fingerprint density at radius 3 is 2.75 bits per heavy atom. The topological polar surface area (TPSA) is 64.6 Å². The second-order valence-electron chi connectivity index (χ2n) is 5.11. The van der Waals surface area contributed by atoms with E-state index in [0.717, 1.165) is 36.6 Å². The van der Waals surface area contributed by atoms with Crippen LogP contribution in [-0.4, -0.2) is 47.9 Å². The van der Waals surface area contributed by atoms with E-state index in [0.29, 0.717) is 6.54 Å². The molecule has 6 heteroatoms. The van der Waals surface area contributed by atoms with E-state index in [4.69, 9.17) is 5.21 Å². The van der Waals surface area contributed by atoms with E-state index in [2.05, 4.69) is 36.7 Å². The third-order valence-electron chi connectivity index (χ3n) is 3.54. The predicted molar refractivity (Wildman–Crippen MR) is 103 cm³/mol. The summed E-state index contributed by atoms with van der Waals surface area (Å²) in [4.78, 5) is 14.7. The molecule has 3 N–H and O–H groups in total. The molecule has 24 heavy (non-hydrogen) atoms. The van der Waals surface area contributed by atoms with Crippen molar-refractivity contribution < 1.29 is 10.0 Å². The first kappa shape index (κ1) is 20.3. The van der Waals surface area contributed by atoms with Crippen LogP contribution in [0.3, 0.4) is 0 Å². The summed E-state index contributed by atoms with van der Waals surface area (Å²) in [6.45, 7) is 11.9. The van der Waals surface area contributed by atoms with Crippen molar-refractivity contribution in [2.75, 3.05) is 37.2 Å². The van der Waals surface area contributed by atoms with Gasteiger partial charge in [0.25, 0.3) is 5.91 Å². The van der Waals surface area contributed by atoms with E-state index in [1.54, 1.807) is 11.6 Å². The van der Waals surface area contributed by atoms with Crippen LogP contribution in [0.5, 0.6) is 0 Å². The third-order valence-corrected chi connectivity index (χ3v) is 4.59. The summed E-state index contributed by atoms with van der Waals surface area (Å²) in [6.07, 6.45) is 4.76. The number of anilines is 1. The maximum Gasteiger partial charge on any atom is 0.267 e. The van der Waals surface area contributed by atoms with E-state index in [-0.39, 0.29) is 0 Å².